The number of rotatable bonds is 5. The number of aromatic nitrogens is 3. The quantitative estimate of drug-likeness (QED) is 0.669. The van der Waals surface area contributed by atoms with Crippen LogP contribution < -0.4 is 11.1 Å². The summed E-state index contributed by atoms with van der Waals surface area (Å²) in [5, 5.41) is 10.6. The lowest BCUT2D eigenvalue weighted by Gasteiger charge is -1.98. The summed E-state index contributed by atoms with van der Waals surface area (Å²) >= 11 is 0. The molecule has 1 aromatic rings. The molecule has 1 amide bonds. The van der Waals surface area contributed by atoms with E-state index in [1.807, 2.05) is 10.9 Å². The first kappa shape index (κ1) is 10.1. The SMILES string of the molecule is NCC(=O)NCc1cn(CC2CC2)nn1. The van der Waals surface area contributed by atoms with Crippen LogP contribution in [0.25, 0.3) is 0 Å². The molecule has 0 atom stereocenters. The monoisotopic (exact) mass is 209 g/mol. The van der Waals surface area contributed by atoms with Gasteiger partial charge in [0.25, 0.3) is 0 Å². The van der Waals surface area contributed by atoms with E-state index in [2.05, 4.69) is 15.6 Å². The summed E-state index contributed by atoms with van der Waals surface area (Å²) in [6, 6.07) is 0. The van der Waals surface area contributed by atoms with Crippen molar-refractivity contribution in [3.05, 3.63) is 11.9 Å². The first-order chi connectivity index (χ1) is 7.28. The minimum absolute atomic E-state index is 0.0101. The Labute approximate surface area is 87.8 Å². The van der Waals surface area contributed by atoms with Gasteiger partial charge < -0.3 is 11.1 Å². The molecule has 0 saturated heterocycles. The van der Waals surface area contributed by atoms with E-state index in [0.717, 1.165) is 18.2 Å². The number of carbonyl (C=O) groups is 1. The van der Waals surface area contributed by atoms with Crippen LogP contribution in [0.5, 0.6) is 0 Å². The summed E-state index contributed by atoms with van der Waals surface area (Å²) in [5.74, 6) is 0.602. The Morgan fingerprint density at radius 1 is 1.67 bits per heavy atom. The van der Waals surface area contributed by atoms with E-state index in [4.69, 9.17) is 5.73 Å². The average molecular weight is 209 g/mol. The van der Waals surface area contributed by atoms with Gasteiger partial charge in [0, 0.05) is 6.54 Å². The molecule has 0 unspecified atom stereocenters. The molecule has 0 radical (unpaired) electrons. The minimum atomic E-state index is -0.174. The van der Waals surface area contributed by atoms with Crippen LogP contribution in [0.4, 0.5) is 0 Å². The lowest BCUT2D eigenvalue weighted by Crippen LogP contribution is -2.29. The molecule has 0 bridgehead atoms. The van der Waals surface area contributed by atoms with Crippen LogP contribution >= 0.6 is 0 Å². The van der Waals surface area contributed by atoms with Gasteiger partial charge in [-0.1, -0.05) is 5.21 Å². The number of carbonyl (C=O) groups excluding carboxylic acids is 1. The predicted molar refractivity (Wildman–Crippen MR) is 53.6 cm³/mol. The van der Waals surface area contributed by atoms with Crippen molar-refractivity contribution >= 4 is 5.91 Å². The predicted octanol–water partition coefficient (Wildman–Crippen LogP) is -0.737. The number of amides is 1. The lowest BCUT2D eigenvalue weighted by atomic mass is 10.4. The van der Waals surface area contributed by atoms with Crippen molar-refractivity contribution < 1.29 is 4.79 Å². The molecule has 1 heterocycles. The van der Waals surface area contributed by atoms with Crippen LogP contribution in [0.3, 0.4) is 0 Å². The number of hydrogen-bond donors (Lipinski definition) is 2. The summed E-state index contributed by atoms with van der Waals surface area (Å²) in [6.45, 7) is 1.36. The summed E-state index contributed by atoms with van der Waals surface area (Å²) in [5.41, 5.74) is 5.94. The number of nitrogens with two attached hydrogens (primary N) is 1. The van der Waals surface area contributed by atoms with E-state index in [0.29, 0.717) is 6.54 Å². The molecule has 1 aliphatic carbocycles. The molecule has 3 N–H and O–H groups in total. The van der Waals surface area contributed by atoms with Crippen molar-refractivity contribution in [2.75, 3.05) is 6.54 Å². The molecule has 2 rings (SSSR count). The highest BCUT2D eigenvalue weighted by Gasteiger charge is 2.22. The van der Waals surface area contributed by atoms with Crippen LogP contribution in [0.15, 0.2) is 6.20 Å². The van der Waals surface area contributed by atoms with Gasteiger partial charge in [-0.25, -0.2) is 0 Å². The van der Waals surface area contributed by atoms with E-state index in [9.17, 15) is 4.79 Å². The maximum Gasteiger partial charge on any atom is 0.234 e. The molecule has 15 heavy (non-hydrogen) atoms. The zero-order valence-corrected chi connectivity index (χ0v) is 8.52. The molecule has 1 aromatic heterocycles. The summed E-state index contributed by atoms with van der Waals surface area (Å²) in [6.07, 6.45) is 4.45. The highest BCUT2D eigenvalue weighted by molar-refractivity contribution is 5.77. The Hall–Kier alpha value is -1.43. The largest absolute Gasteiger partial charge is 0.349 e. The van der Waals surface area contributed by atoms with Gasteiger partial charge in [0.1, 0.15) is 5.69 Å². The van der Waals surface area contributed by atoms with E-state index in [-0.39, 0.29) is 12.5 Å². The van der Waals surface area contributed by atoms with Crippen molar-refractivity contribution in [1.29, 1.82) is 0 Å². The topological polar surface area (TPSA) is 85.8 Å². The molecule has 1 fully saturated rings. The fraction of sp³-hybridized carbons (Fsp3) is 0.667. The first-order valence-corrected chi connectivity index (χ1v) is 5.13. The van der Waals surface area contributed by atoms with Crippen molar-refractivity contribution in [1.82, 2.24) is 20.3 Å². The van der Waals surface area contributed by atoms with Gasteiger partial charge in [-0.15, -0.1) is 5.10 Å². The molecule has 1 aliphatic rings. The van der Waals surface area contributed by atoms with Gasteiger partial charge in [-0.3, -0.25) is 9.48 Å². The third-order valence-corrected chi connectivity index (χ3v) is 2.38. The summed E-state index contributed by atoms with van der Waals surface area (Å²) in [7, 11) is 0. The van der Waals surface area contributed by atoms with Gasteiger partial charge >= 0.3 is 0 Å². The van der Waals surface area contributed by atoms with Crippen molar-refractivity contribution in [2.24, 2.45) is 11.7 Å². The zero-order valence-electron chi connectivity index (χ0n) is 8.52. The molecule has 0 aliphatic heterocycles. The minimum Gasteiger partial charge on any atom is -0.349 e. The maximum atomic E-state index is 10.9. The molecule has 82 valence electrons. The van der Waals surface area contributed by atoms with Crippen LogP contribution in [0, 0.1) is 5.92 Å². The third kappa shape index (κ3) is 3.02. The van der Waals surface area contributed by atoms with Crippen LogP contribution in [0.1, 0.15) is 18.5 Å². The number of hydrogen-bond acceptors (Lipinski definition) is 4. The smallest absolute Gasteiger partial charge is 0.234 e. The van der Waals surface area contributed by atoms with Crippen molar-refractivity contribution in [3.63, 3.8) is 0 Å². The Morgan fingerprint density at radius 2 is 2.47 bits per heavy atom. The zero-order chi connectivity index (χ0) is 10.7. The van der Waals surface area contributed by atoms with Crippen LogP contribution in [0.2, 0.25) is 0 Å². The Morgan fingerprint density at radius 3 is 3.13 bits per heavy atom. The van der Waals surface area contributed by atoms with E-state index in [1.54, 1.807) is 0 Å². The fourth-order valence-electron chi connectivity index (χ4n) is 1.34. The van der Waals surface area contributed by atoms with Crippen LogP contribution in [-0.4, -0.2) is 27.4 Å². The normalized spacial score (nSPS) is 15.3. The second kappa shape index (κ2) is 4.39. The summed E-state index contributed by atoms with van der Waals surface area (Å²) < 4.78 is 1.83. The Bertz CT molecular complexity index is 344. The molecule has 0 spiro atoms. The van der Waals surface area contributed by atoms with Crippen molar-refractivity contribution in [2.45, 2.75) is 25.9 Å². The van der Waals surface area contributed by atoms with E-state index < -0.39 is 0 Å². The van der Waals surface area contributed by atoms with Gasteiger partial charge in [0.2, 0.25) is 5.91 Å². The van der Waals surface area contributed by atoms with Crippen molar-refractivity contribution in [3.8, 4) is 0 Å². The maximum absolute atomic E-state index is 10.9. The molecule has 6 nitrogen and oxygen atoms in total. The second-order valence-electron chi connectivity index (χ2n) is 3.86. The number of nitrogens with zero attached hydrogens (tertiary/aromatic N) is 3. The fourth-order valence-corrected chi connectivity index (χ4v) is 1.34. The molecule has 1 saturated carbocycles. The average Bonchev–Trinajstić information content (AvgIpc) is 2.93. The molecule has 6 heteroatoms. The first-order valence-electron chi connectivity index (χ1n) is 5.13. The summed E-state index contributed by atoms with van der Waals surface area (Å²) in [4.78, 5) is 10.9. The van der Waals surface area contributed by atoms with Gasteiger partial charge in [-0.2, -0.15) is 0 Å². The second-order valence-corrected chi connectivity index (χ2v) is 3.86. The molecular weight excluding hydrogens is 194 g/mol. The molecular formula is C9H15N5O. The van der Waals surface area contributed by atoms with Gasteiger partial charge in [-0.05, 0) is 18.8 Å². The molecule has 0 aromatic carbocycles. The Kier molecular flexibility index (Phi) is 2.96. The highest BCUT2D eigenvalue weighted by atomic mass is 16.1. The highest BCUT2D eigenvalue weighted by Crippen LogP contribution is 2.30. The lowest BCUT2D eigenvalue weighted by molar-refractivity contribution is -0.119. The van der Waals surface area contributed by atoms with Crippen LogP contribution in [-0.2, 0) is 17.9 Å². The number of nitrogens with one attached hydrogen (secondary N) is 1. The van der Waals surface area contributed by atoms with Gasteiger partial charge in [0.15, 0.2) is 0 Å². The van der Waals surface area contributed by atoms with E-state index >= 15 is 0 Å². The van der Waals surface area contributed by atoms with Gasteiger partial charge in [0.05, 0.1) is 19.3 Å². The standard InChI is InChI=1S/C9H15N5O/c10-3-9(15)11-4-8-6-14(13-12-8)5-7-1-2-7/h6-7H,1-5,10H2,(H,11,15). The van der Waals surface area contributed by atoms with E-state index in [1.165, 1.54) is 12.8 Å². The third-order valence-electron chi connectivity index (χ3n) is 2.38. The Balaban J connectivity index is 1.80.